The Kier molecular flexibility index (Phi) is 5.56. The number of carbonyl (C=O) groups excluding carboxylic acids is 1. The van der Waals surface area contributed by atoms with Crippen LogP contribution in [0.4, 0.5) is 0 Å². The summed E-state index contributed by atoms with van der Waals surface area (Å²) in [4.78, 5) is 12.1. The van der Waals surface area contributed by atoms with Crippen LogP contribution in [0.3, 0.4) is 0 Å². The van der Waals surface area contributed by atoms with E-state index in [1.54, 1.807) is 18.9 Å². The van der Waals surface area contributed by atoms with E-state index in [1.165, 1.54) is 0 Å². The van der Waals surface area contributed by atoms with Crippen molar-refractivity contribution in [2.75, 3.05) is 18.6 Å². The van der Waals surface area contributed by atoms with Gasteiger partial charge in [0.05, 0.1) is 18.4 Å². The largest absolute Gasteiger partial charge is 0.496 e. The lowest BCUT2D eigenvalue weighted by atomic mass is 10.0. The van der Waals surface area contributed by atoms with E-state index >= 15 is 0 Å². The van der Waals surface area contributed by atoms with Crippen LogP contribution in [0.2, 0.25) is 0 Å². The van der Waals surface area contributed by atoms with Gasteiger partial charge in [-0.2, -0.15) is 11.8 Å². The highest BCUT2D eigenvalue weighted by molar-refractivity contribution is 7.99. The molecule has 0 unspecified atom stereocenters. The van der Waals surface area contributed by atoms with Crippen LogP contribution in [-0.2, 0) is 0 Å². The number of methoxy groups -OCH3 is 1. The van der Waals surface area contributed by atoms with Crippen molar-refractivity contribution in [3.63, 3.8) is 0 Å². The van der Waals surface area contributed by atoms with E-state index in [9.17, 15) is 4.79 Å². The Hall–Kier alpha value is -0.960. The van der Waals surface area contributed by atoms with Gasteiger partial charge in [0, 0.05) is 0 Å². The minimum absolute atomic E-state index is 0.165. The maximum atomic E-state index is 12.1. The second-order valence-electron chi connectivity index (χ2n) is 4.13. The molecule has 0 saturated heterocycles. The molecule has 3 heteroatoms. The molecule has 0 fully saturated rings. The van der Waals surface area contributed by atoms with Crippen molar-refractivity contribution in [3.8, 4) is 5.75 Å². The number of thioether (sulfide) groups is 1. The number of Topliss-reactive ketones (excluding diaryl/α,β-unsaturated/α-hetero) is 1. The molecule has 17 heavy (non-hydrogen) atoms. The molecule has 0 radical (unpaired) electrons. The lowest BCUT2D eigenvalue weighted by Crippen LogP contribution is -2.08. The van der Waals surface area contributed by atoms with Gasteiger partial charge in [-0.05, 0) is 43.2 Å². The molecule has 0 N–H and O–H groups in total. The van der Waals surface area contributed by atoms with Crippen LogP contribution in [0.25, 0.3) is 0 Å². The summed E-state index contributed by atoms with van der Waals surface area (Å²) in [6.45, 7) is 6.10. The first-order chi connectivity index (χ1) is 8.10. The van der Waals surface area contributed by atoms with Gasteiger partial charge in [-0.1, -0.05) is 13.0 Å². The van der Waals surface area contributed by atoms with E-state index in [0.29, 0.717) is 11.5 Å². The molecule has 94 valence electrons. The second-order valence-corrected chi connectivity index (χ2v) is 5.24. The Morgan fingerprint density at radius 1 is 1.35 bits per heavy atom. The van der Waals surface area contributed by atoms with Gasteiger partial charge < -0.3 is 4.74 Å². The predicted octanol–water partition coefficient (Wildman–Crippen LogP) is 3.64. The zero-order valence-corrected chi connectivity index (χ0v) is 11.8. The molecular formula is C14H20O2S. The molecule has 0 aliphatic heterocycles. The van der Waals surface area contributed by atoms with E-state index < -0.39 is 0 Å². The highest BCUT2D eigenvalue weighted by atomic mass is 32.2. The second kappa shape index (κ2) is 6.70. The lowest BCUT2D eigenvalue weighted by Gasteiger charge is -2.11. The van der Waals surface area contributed by atoms with Gasteiger partial charge in [0.25, 0.3) is 0 Å². The average molecular weight is 252 g/mol. The average Bonchev–Trinajstić information content (AvgIpc) is 2.27. The van der Waals surface area contributed by atoms with Gasteiger partial charge in [-0.25, -0.2) is 0 Å². The number of rotatable bonds is 6. The fourth-order valence-corrected chi connectivity index (χ4v) is 2.59. The molecule has 0 atom stereocenters. The van der Waals surface area contributed by atoms with Crippen LogP contribution in [0.15, 0.2) is 12.1 Å². The van der Waals surface area contributed by atoms with Gasteiger partial charge in [-0.15, -0.1) is 0 Å². The predicted molar refractivity (Wildman–Crippen MR) is 74.4 cm³/mol. The Labute approximate surface area is 108 Å². The summed E-state index contributed by atoms with van der Waals surface area (Å²) in [5, 5.41) is 0. The maximum absolute atomic E-state index is 12.1. The molecule has 1 aromatic rings. The molecule has 0 saturated carbocycles. The third kappa shape index (κ3) is 3.77. The minimum atomic E-state index is 0.165. The van der Waals surface area contributed by atoms with Gasteiger partial charge in [-0.3, -0.25) is 4.79 Å². The highest BCUT2D eigenvalue weighted by Crippen LogP contribution is 2.25. The van der Waals surface area contributed by atoms with Crippen molar-refractivity contribution in [3.05, 3.63) is 28.8 Å². The van der Waals surface area contributed by atoms with Crippen molar-refractivity contribution in [1.82, 2.24) is 0 Å². The van der Waals surface area contributed by atoms with Gasteiger partial charge in [0.1, 0.15) is 5.75 Å². The first-order valence-corrected chi connectivity index (χ1v) is 7.01. The quantitative estimate of drug-likeness (QED) is 0.571. The summed E-state index contributed by atoms with van der Waals surface area (Å²) >= 11 is 1.68. The molecule has 1 rings (SSSR count). The fourth-order valence-electron chi connectivity index (χ4n) is 1.83. The molecule has 0 spiro atoms. The molecule has 0 aliphatic rings. The Morgan fingerprint density at radius 2 is 2.06 bits per heavy atom. The van der Waals surface area contributed by atoms with Crippen LogP contribution in [0.5, 0.6) is 5.75 Å². The first kappa shape index (κ1) is 14.1. The van der Waals surface area contributed by atoms with E-state index in [2.05, 4.69) is 6.92 Å². The van der Waals surface area contributed by atoms with Gasteiger partial charge in [0.15, 0.2) is 5.78 Å². The Bertz CT molecular complexity index is 399. The fraction of sp³-hybridized carbons (Fsp3) is 0.500. The van der Waals surface area contributed by atoms with E-state index in [0.717, 1.165) is 28.9 Å². The Morgan fingerprint density at radius 3 is 2.65 bits per heavy atom. The normalized spacial score (nSPS) is 10.4. The van der Waals surface area contributed by atoms with Crippen LogP contribution in [0.1, 0.15) is 34.8 Å². The third-order valence-electron chi connectivity index (χ3n) is 2.52. The SMILES string of the molecule is CCCSCC(=O)c1c(C)cc(C)cc1OC. The molecule has 0 amide bonds. The maximum Gasteiger partial charge on any atom is 0.176 e. The van der Waals surface area contributed by atoms with E-state index in [4.69, 9.17) is 4.74 Å². The van der Waals surface area contributed by atoms with Gasteiger partial charge >= 0.3 is 0 Å². The summed E-state index contributed by atoms with van der Waals surface area (Å²) in [6, 6.07) is 3.95. The van der Waals surface area contributed by atoms with Crippen molar-refractivity contribution < 1.29 is 9.53 Å². The standard InChI is InChI=1S/C14H20O2S/c1-5-6-17-9-12(15)14-11(3)7-10(2)8-13(14)16-4/h7-8H,5-6,9H2,1-4H3. The third-order valence-corrected chi connectivity index (χ3v) is 3.69. The number of ether oxygens (including phenoxy) is 1. The summed E-state index contributed by atoms with van der Waals surface area (Å²) in [7, 11) is 1.62. The molecule has 2 nitrogen and oxygen atoms in total. The number of hydrogen-bond donors (Lipinski definition) is 0. The molecule has 0 heterocycles. The Balaban J connectivity index is 2.92. The monoisotopic (exact) mass is 252 g/mol. The smallest absolute Gasteiger partial charge is 0.176 e. The number of benzene rings is 1. The van der Waals surface area contributed by atoms with Crippen molar-refractivity contribution in [2.45, 2.75) is 27.2 Å². The zero-order valence-electron chi connectivity index (χ0n) is 11.0. The minimum Gasteiger partial charge on any atom is -0.496 e. The van der Waals surface area contributed by atoms with Gasteiger partial charge in [0.2, 0.25) is 0 Å². The molecular weight excluding hydrogens is 232 g/mol. The number of carbonyl (C=O) groups is 1. The van der Waals surface area contributed by atoms with Crippen molar-refractivity contribution in [2.24, 2.45) is 0 Å². The molecule has 1 aromatic carbocycles. The summed E-state index contributed by atoms with van der Waals surface area (Å²) in [5.74, 6) is 2.43. The van der Waals surface area contributed by atoms with Crippen LogP contribution in [-0.4, -0.2) is 24.4 Å². The summed E-state index contributed by atoms with van der Waals surface area (Å²) in [5.41, 5.74) is 2.86. The zero-order chi connectivity index (χ0) is 12.8. The number of ketones is 1. The van der Waals surface area contributed by atoms with E-state index in [-0.39, 0.29) is 5.78 Å². The van der Waals surface area contributed by atoms with E-state index in [1.807, 2.05) is 26.0 Å². The molecule has 0 aliphatic carbocycles. The number of aryl methyl sites for hydroxylation is 2. The first-order valence-electron chi connectivity index (χ1n) is 5.86. The summed E-state index contributed by atoms with van der Waals surface area (Å²) in [6.07, 6.45) is 1.10. The lowest BCUT2D eigenvalue weighted by molar-refractivity contribution is 0.101. The molecule has 0 bridgehead atoms. The molecule has 0 aromatic heterocycles. The van der Waals surface area contributed by atoms with Crippen LogP contribution >= 0.6 is 11.8 Å². The van der Waals surface area contributed by atoms with Crippen LogP contribution in [0, 0.1) is 13.8 Å². The van der Waals surface area contributed by atoms with Crippen molar-refractivity contribution >= 4 is 17.5 Å². The highest BCUT2D eigenvalue weighted by Gasteiger charge is 2.15. The topological polar surface area (TPSA) is 26.3 Å². The van der Waals surface area contributed by atoms with Crippen LogP contribution < -0.4 is 4.74 Å². The number of hydrogen-bond acceptors (Lipinski definition) is 3. The summed E-state index contributed by atoms with van der Waals surface area (Å²) < 4.78 is 5.30. The van der Waals surface area contributed by atoms with Crippen molar-refractivity contribution in [1.29, 1.82) is 0 Å².